The van der Waals surface area contributed by atoms with Crippen LogP contribution in [0.1, 0.15) is 12.5 Å². The van der Waals surface area contributed by atoms with E-state index in [9.17, 15) is 4.79 Å². The zero-order chi connectivity index (χ0) is 14.2. The van der Waals surface area contributed by atoms with Crippen molar-refractivity contribution in [3.8, 4) is 5.75 Å². The number of hydrogen-bond donors (Lipinski definition) is 0. The molecule has 0 saturated carbocycles. The van der Waals surface area contributed by atoms with Gasteiger partial charge in [0.1, 0.15) is 5.75 Å². The van der Waals surface area contributed by atoms with Crippen molar-refractivity contribution >= 4 is 5.97 Å². The zero-order valence-electron chi connectivity index (χ0n) is 11.5. The molecule has 1 unspecified atom stereocenters. The summed E-state index contributed by atoms with van der Waals surface area (Å²) >= 11 is 0. The highest BCUT2D eigenvalue weighted by molar-refractivity contribution is 5.77. The van der Waals surface area contributed by atoms with Crippen LogP contribution in [0.4, 0.5) is 0 Å². The second-order valence-corrected chi connectivity index (χ2v) is 4.37. The molecule has 0 saturated heterocycles. The summed E-state index contributed by atoms with van der Waals surface area (Å²) < 4.78 is 10.8. The van der Waals surface area contributed by atoms with Crippen molar-refractivity contribution < 1.29 is 14.3 Å². The number of carbonyl (C=O) groups is 1. The molecule has 1 atom stereocenters. The summed E-state index contributed by atoms with van der Waals surface area (Å²) in [6.07, 6.45) is -0.0667. The highest BCUT2D eigenvalue weighted by Crippen LogP contribution is 2.13. The minimum absolute atomic E-state index is 0.359. The molecule has 0 aliphatic carbocycles. The summed E-state index contributed by atoms with van der Waals surface area (Å²) in [7, 11) is 0. The van der Waals surface area contributed by atoms with E-state index in [4.69, 9.17) is 9.47 Å². The lowest BCUT2D eigenvalue weighted by Gasteiger charge is -2.16. The average molecular weight is 270 g/mol. The summed E-state index contributed by atoms with van der Waals surface area (Å²) in [5.74, 6) is 0.178. The maximum Gasteiger partial charge on any atom is 0.340 e. The molecule has 20 heavy (non-hydrogen) atoms. The van der Waals surface area contributed by atoms with Crippen LogP contribution in [0.3, 0.4) is 0 Å². The normalized spacial score (nSPS) is 11.8. The highest BCUT2D eigenvalue weighted by Gasteiger charge is 2.21. The first-order chi connectivity index (χ1) is 9.79. The first-order valence-electron chi connectivity index (χ1n) is 6.72. The Morgan fingerprint density at radius 1 is 1.00 bits per heavy atom. The molecule has 3 nitrogen and oxygen atoms in total. The molecular weight excluding hydrogens is 252 g/mol. The maximum absolute atomic E-state index is 12.2. The molecule has 0 radical (unpaired) electrons. The lowest BCUT2D eigenvalue weighted by atomic mass is 10.1. The van der Waals surface area contributed by atoms with Crippen molar-refractivity contribution in [3.05, 3.63) is 66.2 Å². The molecule has 104 valence electrons. The molecule has 0 bridgehead atoms. The molecule has 0 heterocycles. The first-order valence-corrected chi connectivity index (χ1v) is 6.72. The first kappa shape index (κ1) is 14.3. The molecule has 0 fully saturated rings. The van der Waals surface area contributed by atoms with Gasteiger partial charge in [-0.05, 0) is 24.6 Å². The van der Waals surface area contributed by atoms with Crippen LogP contribution in [-0.4, -0.2) is 18.7 Å². The molecule has 0 aliphatic rings. The number of carbonyl (C=O) groups excluding carboxylic acids is 1. The van der Waals surface area contributed by atoms with E-state index in [1.807, 2.05) is 55.5 Å². The minimum atomic E-state index is -0.581. The molecular formula is C17H18O3. The van der Waals surface area contributed by atoms with Gasteiger partial charge in [0.25, 0.3) is 0 Å². The molecule has 0 spiro atoms. The standard InChI is InChI=1S/C17H18O3/c1-2-19-16(13-14-9-5-3-6-10-14)17(18)20-15-11-7-4-8-12-15/h3-12,16H,2,13H2,1H3. The van der Waals surface area contributed by atoms with Gasteiger partial charge in [0.05, 0.1) is 0 Å². The van der Waals surface area contributed by atoms with Crippen LogP contribution in [0.15, 0.2) is 60.7 Å². The largest absolute Gasteiger partial charge is 0.425 e. The summed E-state index contributed by atoms with van der Waals surface area (Å²) in [6.45, 7) is 2.34. The number of para-hydroxylation sites is 1. The summed E-state index contributed by atoms with van der Waals surface area (Å²) in [5.41, 5.74) is 1.05. The fraction of sp³-hybridized carbons (Fsp3) is 0.235. The molecule has 0 aromatic heterocycles. The Hall–Kier alpha value is -2.13. The van der Waals surface area contributed by atoms with E-state index in [0.29, 0.717) is 18.8 Å². The molecule has 2 aromatic rings. The van der Waals surface area contributed by atoms with E-state index in [0.717, 1.165) is 5.56 Å². The molecule has 0 aliphatic heterocycles. The van der Waals surface area contributed by atoms with Gasteiger partial charge in [-0.25, -0.2) is 4.79 Å². The van der Waals surface area contributed by atoms with Gasteiger partial charge in [-0.1, -0.05) is 48.5 Å². The second-order valence-electron chi connectivity index (χ2n) is 4.37. The van der Waals surface area contributed by atoms with Gasteiger partial charge in [0, 0.05) is 13.0 Å². The highest BCUT2D eigenvalue weighted by atomic mass is 16.6. The predicted molar refractivity (Wildman–Crippen MR) is 77.6 cm³/mol. The monoisotopic (exact) mass is 270 g/mol. The number of hydrogen-bond acceptors (Lipinski definition) is 3. The quantitative estimate of drug-likeness (QED) is 0.597. The van der Waals surface area contributed by atoms with Crippen molar-refractivity contribution in [1.82, 2.24) is 0 Å². The third kappa shape index (κ3) is 4.21. The van der Waals surface area contributed by atoms with Crippen LogP contribution < -0.4 is 4.74 Å². The van der Waals surface area contributed by atoms with Gasteiger partial charge in [0.2, 0.25) is 0 Å². The Kier molecular flexibility index (Phi) is 5.33. The molecule has 3 heteroatoms. The van der Waals surface area contributed by atoms with Gasteiger partial charge in [-0.15, -0.1) is 0 Å². The van der Waals surface area contributed by atoms with Crippen molar-refractivity contribution in [2.75, 3.05) is 6.61 Å². The molecule has 2 aromatic carbocycles. The Morgan fingerprint density at radius 3 is 2.20 bits per heavy atom. The lowest BCUT2D eigenvalue weighted by Crippen LogP contribution is -2.31. The van der Waals surface area contributed by atoms with Gasteiger partial charge >= 0.3 is 5.97 Å². The van der Waals surface area contributed by atoms with Crippen LogP contribution in [0.25, 0.3) is 0 Å². The Bertz CT molecular complexity index is 522. The summed E-state index contributed by atoms with van der Waals surface area (Å²) in [4.78, 5) is 12.2. The fourth-order valence-electron chi connectivity index (χ4n) is 1.91. The van der Waals surface area contributed by atoms with Crippen LogP contribution in [0.2, 0.25) is 0 Å². The van der Waals surface area contributed by atoms with Crippen LogP contribution >= 0.6 is 0 Å². The third-order valence-corrected chi connectivity index (χ3v) is 2.86. The van der Waals surface area contributed by atoms with Crippen LogP contribution in [-0.2, 0) is 16.0 Å². The van der Waals surface area contributed by atoms with E-state index in [2.05, 4.69) is 0 Å². The molecule has 0 N–H and O–H groups in total. The van der Waals surface area contributed by atoms with Crippen LogP contribution in [0.5, 0.6) is 5.75 Å². The minimum Gasteiger partial charge on any atom is -0.425 e. The van der Waals surface area contributed by atoms with E-state index in [1.165, 1.54) is 0 Å². The predicted octanol–water partition coefficient (Wildman–Crippen LogP) is 3.24. The Morgan fingerprint density at radius 2 is 1.60 bits per heavy atom. The zero-order valence-corrected chi connectivity index (χ0v) is 11.5. The van der Waals surface area contributed by atoms with Gasteiger partial charge < -0.3 is 9.47 Å². The SMILES string of the molecule is CCOC(Cc1ccccc1)C(=O)Oc1ccccc1. The van der Waals surface area contributed by atoms with Gasteiger partial charge in [-0.3, -0.25) is 0 Å². The van der Waals surface area contributed by atoms with E-state index in [1.54, 1.807) is 12.1 Å². The van der Waals surface area contributed by atoms with Gasteiger partial charge in [0.15, 0.2) is 6.10 Å². The average Bonchev–Trinajstić information content (AvgIpc) is 2.49. The van der Waals surface area contributed by atoms with Crippen molar-refractivity contribution in [1.29, 1.82) is 0 Å². The van der Waals surface area contributed by atoms with E-state index >= 15 is 0 Å². The van der Waals surface area contributed by atoms with Crippen molar-refractivity contribution in [2.24, 2.45) is 0 Å². The number of benzene rings is 2. The molecule has 2 rings (SSSR count). The Labute approximate surface area is 119 Å². The smallest absolute Gasteiger partial charge is 0.340 e. The van der Waals surface area contributed by atoms with E-state index < -0.39 is 6.10 Å². The number of esters is 1. The van der Waals surface area contributed by atoms with Crippen LogP contribution in [0, 0.1) is 0 Å². The third-order valence-electron chi connectivity index (χ3n) is 2.86. The maximum atomic E-state index is 12.2. The Balaban J connectivity index is 2.02. The van der Waals surface area contributed by atoms with Crippen molar-refractivity contribution in [3.63, 3.8) is 0 Å². The van der Waals surface area contributed by atoms with Crippen molar-refractivity contribution in [2.45, 2.75) is 19.4 Å². The summed E-state index contributed by atoms with van der Waals surface area (Å²) in [6, 6.07) is 18.8. The van der Waals surface area contributed by atoms with Gasteiger partial charge in [-0.2, -0.15) is 0 Å². The number of ether oxygens (including phenoxy) is 2. The fourth-order valence-corrected chi connectivity index (χ4v) is 1.91. The summed E-state index contributed by atoms with van der Waals surface area (Å²) in [5, 5.41) is 0. The number of rotatable bonds is 6. The molecule has 0 amide bonds. The second kappa shape index (κ2) is 7.46. The van der Waals surface area contributed by atoms with E-state index in [-0.39, 0.29) is 5.97 Å². The lowest BCUT2D eigenvalue weighted by molar-refractivity contribution is -0.147. The topological polar surface area (TPSA) is 35.5 Å².